The van der Waals surface area contributed by atoms with E-state index >= 15 is 0 Å². The summed E-state index contributed by atoms with van der Waals surface area (Å²) in [5.74, 6) is -0.280. The Morgan fingerprint density at radius 1 is 1.33 bits per heavy atom. The van der Waals surface area contributed by atoms with Crippen LogP contribution in [-0.2, 0) is 10.0 Å². The van der Waals surface area contributed by atoms with Crippen LogP contribution in [0.5, 0.6) is 0 Å². The van der Waals surface area contributed by atoms with Gasteiger partial charge in [0.2, 0.25) is 10.0 Å². The molecule has 1 aromatic rings. The van der Waals surface area contributed by atoms with Crippen molar-refractivity contribution in [2.24, 2.45) is 0 Å². The van der Waals surface area contributed by atoms with Gasteiger partial charge in [-0.05, 0) is 31.5 Å². The lowest BCUT2D eigenvalue weighted by Crippen LogP contribution is -2.34. The standard InChI is InChI=1S/C14H22N2O4S/c1-4-15-21(19,20)12-7-6-11(3)13(10-12)14(18)16(5-2)8-9-17/h6-7,10,15,17H,4-5,8-9H2,1-3H3. The summed E-state index contributed by atoms with van der Waals surface area (Å²) in [6.07, 6.45) is 0. The third-order valence-electron chi connectivity index (χ3n) is 3.12. The predicted molar refractivity (Wildman–Crippen MR) is 80.7 cm³/mol. The van der Waals surface area contributed by atoms with Gasteiger partial charge < -0.3 is 10.0 Å². The third kappa shape index (κ3) is 4.26. The molecule has 0 saturated carbocycles. The number of rotatable bonds is 7. The van der Waals surface area contributed by atoms with E-state index < -0.39 is 10.0 Å². The van der Waals surface area contributed by atoms with E-state index in [9.17, 15) is 13.2 Å². The number of nitrogens with zero attached hydrogens (tertiary/aromatic N) is 1. The summed E-state index contributed by atoms with van der Waals surface area (Å²) in [5, 5.41) is 8.99. The summed E-state index contributed by atoms with van der Waals surface area (Å²) in [7, 11) is -3.60. The van der Waals surface area contributed by atoms with E-state index in [2.05, 4.69) is 4.72 Å². The minimum atomic E-state index is -3.60. The predicted octanol–water partition coefficient (Wildman–Crippen LogP) is 0.748. The summed E-state index contributed by atoms with van der Waals surface area (Å²) in [5.41, 5.74) is 1.04. The molecular formula is C14H22N2O4S. The van der Waals surface area contributed by atoms with E-state index in [0.717, 1.165) is 0 Å². The van der Waals surface area contributed by atoms with Crippen LogP contribution in [-0.4, -0.2) is 50.6 Å². The SMILES string of the molecule is CCNS(=O)(=O)c1ccc(C)c(C(=O)N(CC)CCO)c1. The van der Waals surface area contributed by atoms with Gasteiger partial charge in [0.05, 0.1) is 11.5 Å². The first kappa shape index (κ1) is 17.6. The molecule has 1 amide bonds. The van der Waals surface area contributed by atoms with Crippen LogP contribution in [0, 0.1) is 6.92 Å². The second-order valence-corrected chi connectivity index (χ2v) is 6.35. The number of carbonyl (C=O) groups excluding carboxylic acids is 1. The average Bonchev–Trinajstić information content (AvgIpc) is 2.44. The molecule has 0 bridgehead atoms. The van der Waals surface area contributed by atoms with Gasteiger partial charge in [0.25, 0.3) is 5.91 Å². The van der Waals surface area contributed by atoms with E-state index in [-0.39, 0.29) is 30.5 Å². The van der Waals surface area contributed by atoms with Crippen molar-refractivity contribution in [1.82, 2.24) is 9.62 Å². The Morgan fingerprint density at radius 3 is 2.52 bits per heavy atom. The summed E-state index contributed by atoms with van der Waals surface area (Å²) in [6, 6.07) is 4.48. The van der Waals surface area contributed by atoms with Crippen LogP contribution in [0.25, 0.3) is 0 Å². The van der Waals surface area contributed by atoms with Gasteiger partial charge in [0.15, 0.2) is 0 Å². The van der Waals surface area contributed by atoms with Crippen molar-refractivity contribution in [3.8, 4) is 0 Å². The first-order valence-corrected chi connectivity index (χ1v) is 8.36. The molecule has 0 radical (unpaired) electrons. The molecule has 2 N–H and O–H groups in total. The van der Waals surface area contributed by atoms with Crippen molar-refractivity contribution >= 4 is 15.9 Å². The normalized spacial score (nSPS) is 11.4. The molecule has 0 aliphatic heterocycles. The molecule has 118 valence electrons. The maximum Gasteiger partial charge on any atom is 0.254 e. The molecule has 0 atom stereocenters. The van der Waals surface area contributed by atoms with Crippen molar-refractivity contribution < 1.29 is 18.3 Å². The van der Waals surface area contributed by atoms with E-state index in [1.54, 1.807) is 19.9 Å². The summed E-state index contributed by atoms with van der Waals surface area (Å²) >= 11 is 0. The number of amides is 1. The first-order chi connectivity index (χ1) is 9.87. The monoisotopic (exact) mass is 314 g/mol. The zero-order chi connectivity index (χ0) is 16.0. The summed E-state index contributed by atoms with van der Waals surface area (Å²) in [4.78, 5) is 14.0. The molecule has 0 saturated heterocycles. The Balaban J connectivity index is 3.22. The number of benzene rings is 1. The lowest BCUT2D eigenvalue weighted by molar-refractivity contribution is 0.0731. The van der Waals surface area contributed by atoms with E-state index in [4.69, 9.17) is 5.11 Å². The van der Waals surface area contributed by atoms with Gasteiger partial charge in [0, 0.05) is 25.2 Å². The van der Waals surface area contributed by atoms with Crippen LogP contribution >= 0.6 is 0 Å². The molecule has 0 aromatic heterocycles. The molecule has 0 fully saturated rings. The van der Waals surface area contributed by atoms with E-state index in [1.807, 2.05) is 6.92 Å². The van der Waals surface area contributed by atoms with Crippen molar-refractivity contribution in [2.45, 2.75) is 25.7 Å². The van der Waals surface area contributed by atoms with Gasteiger partial charge in [-0.3, -0.25) is 4.79 Å². The smallest absolute Gasteiger partial charge is 0.254 e. The highest BCUT2D eigenvalue weighted by Gasteiger charge is 2.20. The summed E-state index contributed by atoms with van der Waals surface area (Å²) < 4.78 is 26.4. The fraction of sp³-hybridized carbons (Fsp3) is 0.500. The van der Waals surface area contributed by atoms with E-state index in [0.29, 0.717) is 17.7 Å². The van der Waals surface area contributed by atoms with Crippen molar-refractivity contribution in [3.63, 3.8) is 0 Å². The minimum Gasteiger partial charge on any atom is -0.395 e. The molecule has 0 unspecified atom stereocenters. The van der Waals surface area contributed by atoms with Crippen LogP contribution in [0.3, 0.4) is 0 Å². The summed E-state index contributed by atoms with van der Waals surface area (Å²) in [6.45, 7) is 6.07. The Bertz CT molecular complexity index is 599. The zero-order valence-corrected chi connectivity index (χ0v) is 13.4. The minimum absolute atomic E-state index is 0.0679. The molecule has 0 spiro atoms. The number of likely N-dealkylation sites (N-methyl/N-ethyl adjacent to an activating group) is 1. The Kier molecular flexibility index (Phi) is 6.32. The van der Waals surface area contributed by atoms with Gasteiger partial charge in [0.1, 0.15) is 0 Å². The van der Waals surface area contributed by atoms with Crippen molar-refractivity contribution in [3.05, 3.63) is 29.3 Å². The molecule has 21 heavy (non-hydrogen) atoms. The maximum atomic E-state index is 12.4. The quantitative estimate of drug-likeness (QED) is 0.777. The largest absolute Gasteiger partial charge is 0.395 e. The third-order valence-corrected chi connectivity index (χ3v) is 4.67. The molecule has 6 nitrogen and oxygen atoms in total. The number of aliphatic hydroxyl groups is 1. The van der Waals surface area contributed by atoms with Crippen LogP contribution < -0.4 is 4.72 Å². The molecular weight excluding hydrogens is 292 g/mol. The van der Waals surface area contributed by atoms with E-state index in [1.165, 1.54) is 17.0 Å². The first-order valence-electron chi connectivity index (χ1n) is 6.87. The second kappa shape index (κ2) is 7.53. The van der Waals surface area contributed by atoms with Crippen LogP contribution in [0.15, 0.2) is 23.1 Å². The van der Waals surface area contributed by atoms with Crippen molar-refractivity contribution in [2.75, 3.05) is 26.2 Å². The van der Waals surface area contributed by atoms with Gasteiger partial charge in [-0.15, -0.1) is 0 Å². The molecule has 1 rings (SSSR count). The number of aliphatic hydroxyl groups excluding tert-OH is 1. The number of carbonyl (C=O) groups is 1. The van der Waals surface area contributed by atoms with Gasteiger partial charge in [-0.1, -0.05) is 13.0 Å². The van der Waals surface area contributed by atoms with Crippen molar-refractivity contribution in [1.29, 1.82) is 0 Å². The highest BCUT2D eigenvalue weighted by atomic mass is 32.2. The van der Waals surface area contributed by atoms with Gasteiger partial charge in [-0.25, -0.2) is 13.1 Å². The fourth-order valence-corrected chi connectivity index (χ4v) is 3.03. The highest BCUT2D eigenvalue weighted by molar-refractivity contribution is 7.89. The van der Waals surface area contributed by atoms with Crippen LogP contribution in [0.1, 0.15) is 29.8 Å². The lowest BCUT2D eigenvalue weighted by Gasteiger charge is -2.21. The van der Waals surface area contributed by atoms with Gasteiger partial charge in [-0.2, -0.15) is 0 Å². The Morgan fingerprint density at radius 2 is 2.00 bits per heavy atom. The number of nitrogens with one attached hydrogen (secondary N) is 1. The molecule has 0 aliphatic carbocycles. The van der Waals surface area contributed by atoms with Gasteiger partial charge >= 0.3 is 0 Å². The molecule has 0 heterocycles. The number of hydrogen-bond donors (Lipinski definition) is 2. The molecule has 7 heteroatoms. The maximum absolute atomic E-state index is 12.4. The number of sulfonamides is 1. The second-order valence-electron chi connectivity index (χ2n) is 4.59. The Hall–Kier alpha value is -1.44. The fourth-order valence-electron chi connectivity index (χ4n) is 1.97. The zero-order valence-electron chi connectivity index (χ0n) is 12.6. The number of aryl methyl sites for hydroxylation is 1. The number of hydrogen-bond acceptors (Lipinski definition) is 4. The van der Waals surface area contributed by atoms with Crippen LogP contribution in [0.2, 0.25) is 0 Å². The lowest BCUT2D eigenvalue weighted by atomic mass is 10.1. The van der Waals surface area contributed by atoms with Crippen LogP contribution in [0.4, 0.5) is 0 Å². The highest BCUT2D eigenvalue weighted by Crippen LogP contribution is 2.17. The average molecular weight is 314 g/mol. The molecule has 0 aliphatic rings. The Labute approximate surface area is 125 Å². The molecule has 1 aromatic carbocycles. The topological polar surface area (TPSA) is 86.7 Å².